The zero-order valence-corrected chi connectivity index (χ0v) is 37.2. The van der Waals surface area contributed by atoms with Crippen LogP contribution in [0.1, 0.15) is 46.5 Å². The fourth-order valence-corrected chi connectivity index (χ4v) is 6.22. The molecule has 0 aliphatic carbocycles. The van der Waals surface area contributed by atoms with E-state index in [0.717, 1.165) is 0 Å². The third-order valence-corrected chi connectivity index (χ3v) is 9.85. The summed E-state index contributed by atoms with van der Waals surface area (Å²) in [5.74, 6) is -1.68. The van der Waals surface area contributed by atoms with Crippen molar-refractivity contribution in [2.45, 2.75) is 46.2 Å². The summed E-state index contributed by atoms with van der Waals surface area (Å²) in [4.78, 5) is 75.8. The van der Waals surface area contributed by atoms with Crippen molar-refractivity contribution in [1.82, 2.24) is 20.2 Å². The van der Waals surface area contributed by atoms with Gasteiger partial charge in [0, 0.05) is 62.7 Å². The summed E-state index contributed by atoms with van der Waals surface area (Å²) in [6, 6.07) is 29.6. The van der Waals surface area contributed by atoms with Gasteiger partial charge in [0.05, 0.1) is 22.4 Å². The highest BCUT2D eigenvalue weighted by Gasteiger charge is 2.18. The van der Waals surface area contributed by atoms with E-state index >= 15 is 0 Å². The van der Waals surface area contributed by atoms with Crippen LogP contribution in [-0.2, 0) is 40.6 Å². The number of carbonyl (C=O) groups is 4. The van der Waals surface area contributed by atoms with Crippen molar-refractivity contribution in [3.63, 3.8) is 0 Å². The number of carboxylic acid groups (broad SMARTS) is 1. The molecule has 0 bridgehead atoms. The summed E-state index contributed by atoms with van der Waals surface area (Å²) in [6.45, 7) is 3.31. The first-order chi connectivity index (χ1) is 32.0. The van der Waals surface area contributed by atoms with Gasteiger partial charge in [0.2, 0.25) is 5.91 Å². The number of alkyl carbamates (subject to hydrolysis) is 1. The van der Waals surface area contributed by atoms with Crippen molar-refractivity contribution in [2.75, 3.05) is 11.1 Å². The fourth-order valence-electron chi connectivity index (χ4n) is 5.84. The second-order valence-electron chi connectivity index (χ2n) is 14.5. The number of nitrogens with zero attached hydrogens (tertiary/aromatic N) is 3. The highest BCUT2D eigenvalue weighted by Crippen LogP contribution is 2.24. The Morgan fingerprint density at radius 1 is 0.866 bits per heavy atom. The van der Waals surface area contributed by atoms with Crippen LogP contribution in [0.2, 0.25) is 10.0 Å². The molecule has 346 valence electrons. The molecule has 0 radical (unpaired) electrons. The molecular weight excluding hydrogens is 911 g/mol. The number of carboxylic acids is 1. The number of aromatic carboxylic acids is 1. The first-order valence-corrected chi connectivity index (χ1v) is 20.7. The van der Waals surface area contributed by atoms with E-state index in [4.69, 9.17) is 48.6 Å². The highest BCUT2D eigenvalue weighted by molar-refractivity contribution is 6.31. The molecule has 0 spiro atoms. The summed E-state index contributed by atoms with van der Waals surface area (Å²) in [6.07, 6.45) is -0.339. The van der Waals surface area contributed by atoms with Crippen molar-refractivity contribution in [3.8, 4) is 17.0 Å². The number of ether oxygens (including phenoxy) is 3. The minimum absolute atomic E-state index is 0.0223. The first-order valence-electron chi connectivity index (χ1n) is 19.9. The number of anilines is 2. The number of amides is 2. The van der Waals surface area contributed by atoms with Gasteiger partial charge in [-0.05, 0) is 61.9 Å². The van der Waals surface area contributed by atoms with Gasteiger partial charge in [-0.25, -0.2) is 19.4 Å². The molecule has 1 aromatic heterocycles. The molecular formula is C46H42Cl2N8O11. The van der Waals surface area contributed by atoms with E-state index in [1.165, 1.54) is 53.2 Å². The molecule has 5 aromatic carbocycles. The smallest absolute Gasteiger partial charge is 0.478 e. The number of nitrogen functional groups attached to an aromatic ring is 1. The molecule has 0 saturated heterocycles. The van der Waals surface area contributed by atoms with E-state index < -0.39 is 34.6 Å². The van der Waals surface area contributed by atoms with Crippen LogP contribution in [0.4, 0.5) is 26.8 Å². The lowest BCUT2D eigenvalue weighted by molar-refractivity contribution is -0.384. The van der Waals surface area contributed by atoms with E-state index in [2.05, 4.69) is 20.9 Å². The summed E-state index contributed by atoms with van der Waals surface area (Å²) >= 11 is 12.0. The number of hydrogen-bond acceptors (Lipinski definition) is 14. The van der Waals surface area contributed by atoms with Gasteiger partial charge < -0.3 is 35.7 Å². The monoisotopic (exact) mass is 952 g/mol. The summed E-state index contributed by atoms with van der Waals surface area (Å²) in [7, 11) is 0. The molecule has 0 unspecified atom stereocenters. The lowest BCUT2D eigenvalue weighted by Gasteiger charge is -2.17. The lowest BCUT2D eigenvalue weighted by Crippen LogP contribution is -2.35. The Balaban J connectivity index is 0.000000333. The molecule has 2 amide bonds. The Morgan fingerprint density at radius 3 is 2.06 bits per heavy atom. The molecule has 1 heterocycles. The van der Waals surface area contributed by atoms with Gasteiger partial charge >= 0.3 is 18.2 Å². The van der Waals surface area contributed by atoms with Crippen LogP contribution in [0.25, 0.3) is 11.3 Å². The van der Waals surface area contributed by atoms with Gasteiger partial charge in [-0.3, -0.25) is 35.0 Å². The SMILES string of the molecule is CC(C)Nc1ncc(-c2cc(N)cc(C(=O)O)c2)n(CC(=O)NCc2ccc(C(=N)NC(=O)OCc3ccccc3Cl)cc2)c1=O.O=C(OCc1ccccc1Cl)Oc1ccc([N+](=O)[O-])cc1. The molecule has 0 saturated carbocycles. The molecule has 0 fully saturated rings. The van der Waals surface area contributed by atoms with Gasteiger partial charge in [0.25, 0.3) is 11.2 Å². The second-order valence-corrected chi connectivity index (χ2v) is 15.3. The van der Waals surface area contributed by atoms with Crippen LogP contribution >= 0.6 is 23.2 Å². The van der Waals surface area contributed by atoms with Gasteiger partial charge in [-0.15, -0.1) is 0 Å². The Bertz CT molecular complexity index is 2840. The van der Waals surface area contributed by atoms with Gasteiger partial charge in [-0.2, -0.15) is 0 Å². The number of nitrogens with one attached hydrogen (secondary N) is 4. The Kier molecular flexibility index (Phi) is 17.5. The maximum absolute atomic E-state index is 13.4. The van der Waals surface area contributed by atoms with E-state index in [9.17, 15) is 39.2 Å². The van der Waals surface area contributed by atoms with Crippen LogP contribution in [-0.4, -0.2) is 55.6 Å². The normalized spacial score (nSPS) is 10.5. The number of hydrogen-bond donors (Lipinski definition) is 6. The molecule has 0 atom stereocenters. The van der Waals surface area contributed by atoms with Crippen molar-refractivity contribution < 1.29 is 43.4 Å². The molecule has 19 nitrogen and oxygen atoms in total. The predicted octanol–water partition coefficient (Wildman–Crippen LogP) is 8.20. The molecule has 0 aliphatic rings. The maximum atomic E-state index is 13.4. The van der Waals surface area contributed by atoms with Crippen LogP contribution in [0.3, 0.4) is 0 Å². The maximum Gasteiger partial charge on any atom is 0.514 e. The van der Waals surface area contributed by atoms with Crippen molar-refractivity contribution in [1.29, 1.82) is 5.41 Å². The van der Waals surface area contributed by atoms with Gasteiger partial charge in [0.15, 0.2) is 5.82 Å². The fraction of sp³-hybridized carbons (Fsp3) is 0.152. The van der Waals surface area contributed by atoms with Crippen molar-refractivity contribution >= 4 is 70.4 Å². The molecule has 6 rings (SSSR count). The number of halogens is 2. The Labute approximate surface area is 392 Å². The average molecular weight is 954 g/mol. The van der Waals surface area contributed by atoms with Crippen LogP contribution in [0, 0.1) is 15.5 Å². The third-order valence-electron chi connectivity index (χ3n) is 9.11. The number of rotatable bonds is 15. The molecule has 21 heteroatoms. The number of nitrogens with two attached hydrogens (primary N) is 1. The average Bonchev–Trinajstić information content (AvgIpc) is 3.29. The van der Waals surface area contributed by atoms with Crippen LogP contribution < -0.4 is 32.0 Å². The zero-order chi connectivity index (χ0) is 48.6. The topological polar surface area (TPSA) is 280 Å². The minimum Gasteiger partial charge on any atom is -0.478 e. The highest BCUT2D eigenvalue weighted by atomic mass is 35.5. The molecule has 6 aromatic rings. The summed E-state index contributed by atoms with van der Waals surface area (Å²) < 4.78 is 16.1. The molecule has 7 N–H and O–H groups in total. The number of benzene rings is 5. The second kappa shape index (κ2) is 23.6. The van der Waals surface area contributed by atoms with E-state index in [1.54, 1.807) is 72.8 Å². The number of amidine groups is 1. The standard InChI is InChI=1S/C32H32ClN7O6.C14H10ClNO5/c1-18(2)38-29-30(42)40(26(15-37-29)22-11-23(31(43)44)13-24(34)12-22)16-27(41)36-14-19-7-9-20(10-8-19)28(35)39-32(45)46-17-21-5-3-4-6-25(21)33;15-13-4-2-1-3-10(13)9-20-14(17)21-12-7-5-11(6-8-12)16(18)19/h3-13,15,18H,14,16-17,34H2,1-2H3,(H,36,41)(H,37,38)(H,43,44)(H2,35,39,45);1-8H,9H2. The van der Waals surface area contributed by atoms with E-state index in [0.29, 0.717) is 37.9 Å². The number of aromatic nitrogens is 2. The first kappa shape index (κ1) is 49.7. The van der Waals surface area contributed by atoms with Gasteiger partial charge in [0.1, 0.15) is 31.3 Å². The number of nitro groups is 1. The summed E-state index contributed by atoms with van der Waals surface area (Å²) in [5.41, 5.74) is 8.26. The Hall–Kier alpha value is -8.29. The van der Waals surface area contributed by atoms with Crippen LogP contribution in [0.15, 0.2) is 126 Å². The Morgan fingerprint density at radius 2 is 1.48 bits per heavy atom. The van der Waals surface area contributed by atoms with Crippen molar-refractivity contribution in [2.24, 2.45) is 0 Å². The predicted molar refractivity (Wildman–Crippen MR) is 249 cm³/mol. The largest absolute Gasteiger partial charge is 0.514 e. The van der Waals surface area contributed by atoms with Crippen LogP contribution in [0.5, 0.6) is 5.75 Å². The van der Waals surface area contributed by atoms with E-state index in [1.807, 2.05) is 13.8 Å². The third kappa shape index (κ3) is 14.9. The number of carbonyl (C=O) groups excluding carboxylic acids is 3. The lowest BCUT2D eigenvalue weighted by atomic mass is 10.1. The minimum atomic E-state index is -1.20. The summed E-state index contributed by atoms with van der Waals surface area (Å²) in [5, 5.41) is 37.2. The molecule has 0 aliphatic heterocycles. The number of non-ortho nitro benzene ring substituents is 1. The van der Waals surface area contributed by atoms with Gasteiger partial charge in [-0.1, -0.05) is 83.9 Å². The van der Waals surface area contributed by atoms with Crippen molar-refractivity contribution in [3.05, 3.63) is 180 Å². The quantitative estimate of drug-likeness (QED) is 0.0108. The molecule has 67 heavy (non-hydrogen) atoms. The number of nitro benzene ring substituents is 1. The zero-order valence-electron chi connectivity index (χ0n) is 35.7. The van der Waals surface area contributed by atoms with E-state index in [-0.39, 0.29) is 72.4 Å².